The molecule has 0 fully saturated rings. The average Bonchev–Trinajstić information content (AvgIpc) is 2.81. The molecule has 6 heteroatoms. The van der Waals surface area contributed by atoms with E-state index in [1.165, 1.54) is 16.9 Å². The van der Waals surface area contributed by atoms with Gasteiger partial charge in [-0.15, -0.1) is 0 Å². The van der Waals surface area contributed by atoms with E-state index in [1.54, 1.807) is 32.0 Å². The van der Waals surface area contributed by atoms with Gasteiger partial charge in [0.25, 0.3) is 5.91 Å². The predicted octanol–water partition coefficient (Wildman–Crippen LogP) is 1.43. The second-order valence-electron chi connectivity index (χ2n) is 4.56. The molecule has 2 aromatic rings. The van der Waals surface area contributed by atoms with Gasteiger partial charge in [-0.2, -0.15) is 5.10 Å². The van der Waals surface area contributed by atoms with E-state index in [9.17, 15) is 9.18 Å². The summed E-state index contributed by atoms with van der Waals surface area (Å²) in [4.78, 5) is 12.0. The van der Waals surface area contributed by atoms with Crippen LogP contribution in [0.25, 0.3) is 5.69 Å². The summed E-state index contributed by atoms with van der Waals surface area (Å²) in [5.74, 6) is -0.749. The minimum Gasteiger partial charge on any atom is -0.394 e. The third kappa shape index (κ3) is 2.70. The number of para-hydroxylation sites is 1. The van der Waals surface area contributed by atoms with Crippen molar-refractivity contribution in [1.29, 1.82) is 0 Å². The SMILES string of the molecule is Cc1c(C(=O)NC(C)CO)cnn1-c1ccccc1F. The molecule has 1 amide bonds. The van der Waals surface area contributed by atoms with Crippen molar-refractivity contribution in [1.82, 2.24) is 15.1 Å². The van der Waals surface area contributed by atoms with Crippen molar-refractivity contribution >= 4 is 5.91 Å². The number of hydrogen-bond acceptors (Lipinski definition) is 3. The highest BCUT2D eigenvalue weighted by Gasteiger charge is 2.17. The van der Waals surface area contributed by atoms with Crippen molar-refractivity contribution in [2.45, 2.75) is 19.9 Å². The molecule has 106 valence electrons. The Balaban J connectivity index is 2.32. The maximum absolute atomic E-state index is 13.7. The van der Waals surface area contributed by atoms with E-state index >= 15 is 0 Å². The summed E-state index contributed by atoms with van der Waals surface area (Å²) < 4.78 is 15.1. The molecule has 20 heavy (non-hydrogen) atoms. The highest BCUT2D eigenvalue weighted by molar-refractivity contribution is 5.95. The summed E-state index contributed by atoms with van der Waals surface area (Å²) in [6, 6.07) is 5.87. The highest BCUT2D eigenvalue weighted by atomic mass is 19.1. The molecule has 2 rings (SSSR count). The van der Waals surface area contributed by atoms with Crippen molar-refractivity contribution in [3.05, 3.63) is 47.5 Å². The van der Waals surface area contributed by atoms with Crippen molar-refractivity contribution in [3.63, 3.8) is 0 Å². The van der Waals surface area contributed by atoms with Crippen molar-refractivity contribution in [3.8, 4) is 5.69 Å². The minimum atomic E-state index is -0.408. The topological polar surface area (TPSA) is 67.2 Å². The number of rotatable bonds is 4. The molecule has 0 spiro atoms. The molecule has 0 aliphatic rings. The summed E-state index contributed by atoms with van der Waals surface area (Å²) in [6.07, 6.45) is 1.39. The fourth-order valence-corrected chi connectivity index (χ4v) is 1.85. The van der Waals surface area contributed by atoms with Crippen LogP contribution < -0.4 is 5.32 Å². The number of halogens is 1. The normalized spacial score (nSPS) is 12.2. The van der Waals surface area contributed by atoms with E-state index in [2.05, 4.69) is 10.4 Å². The Morgan fingerprint density at radius 1 is 1.50 bits per heavy atom. The Hall–Kier alpha value is -2.21. The van der Waals surface area contributed by atoms with Gasteiger partial charge in [0.05, 0.1) is 24.1 Å². The number of carbonyl (C=O) groups is 1. The molecule has 0 aliphatic heterocycles. The first-order valence-corrected chi connectivity index (χ1v) is 6.26. The van der Waals surface area contributed by atoms with Crippen LogP contribution in [0, 0.1) is 12.7 Å². The van der Waals surface area contributed by atoms with Crippen LogP contribution in [-0.4, -0.2) is 33.4 Å². The molecule has 1 unspecified atom stereocenters. The number of nitrogens with one attached hydrogen (secondary N) is 1. The Morgan fingerprint density at radius 2 is 2.20 bits per heavy atom. The van der Waals surface area contributed by atoms with Crippen LogP contribution in [0.15, 0.2) is 30.5 Å². The molecule has 1 aromatic carbocycles. The van der Waals surface area contributed by atoms with Gasteiger partial charge < -0.3 is 10.4 Å². The molecule has 1 heterocycles. The second-order valence-corrected chi connectivity index (χ2v) is 4.56. The summed E-state index contributed by atoms with van der Waals surface area (Å²) in [5.41, 5.74) is 1.19. The van der Waals surface area contributed by atoms with Gasteiger partial charge >= 0.3 is 0 Å². The zero-order valence-corrected chi connectivity index (χ0v) is 11.3. The lowest BCUT2D eigenvalue weighted by molar-refractivity contribution is 0.0921. The van der Waals surface area contributed by atoms with Crippen LogP contribution >= 0.6 is 0 Å². The van der Waals surface area contributed by atoms with Crippen molar-refractivity contribution in [2.75, 3.05) is 6.61 Å². The van der Waals surface area contributed by atoms with Gasteiger partial charge in [-0.05, 0) is 26.0 Å². The number of aliphatic hydroxyl groups is 1. The maximum Gasteiger partial charge on any atom is 0.255 e. The number of carbonyl (C=O) groups excluding carboxylic acids is 1. The zero-order valence-electron chi connectivity index (χ0n) is 11.3. The Morgan fingerprint density at radius 3 is 2.85 bits per heavy atom. The first-order valence-electron chi connectivity index (χ1n) is 6.26. The molecule has 1 atom stereocenters. The molecular weight excluding hydrogens is 261 g/mol. The standard InChI is InChI=1S/C14H16FN3O2/c1-9(8-19)17-14(20)11-7-16-18(10(11)2)13-6-4-3-5-12(13)15/h3-7,9,19H,8H2,1-2H3,(H,17,20). The number of hydrogen-bond donors (Lipinski definition) is 2. The first kappa shape index (κ1) is 14.2. The maximum atomic E-state index is 13.7. The number of aliphatic hydroxyl groups excluding tert-OH is 1. The number of amides is 1. The fourth-order valence-electron chi connectivity index (χ4n) is 1.85. The van der Waals surface area contributed by atoms with E-state index in [4.69, 9.17) is 5.11 Å². The van der Waals surface area contributed by atoms with Crippen LogP contribution in [-0.2, 0) is 0 Å². The first-order chi connectivity index (χ1) is 9.54. The van der Waals surface area contributed by atoms with Crippen molar-refractivity contribution < 1.29 is 14.3 Å². The second kappa shape index (κ2) is 5.83. The van der Waals surface area contributed by atoms with Gasteiger partial charge in [0.15, 0.2) is 0 Å². The molecule has 0 aliphatic carbocycles. The van der Waals surface area contributed by atoms with E-state index in [-0.39, 0.29) is 18.6 Å². The number of aromatic nitrogens is 2. The molecule has 0 saturated carbocycles. The average molecular weight is 277 g/mol. The van der Waals surface area contributed by atoms with Gasteiger partial charge in [0, 0.05) is 6.04 Å². The zero-order chi connectivity index (χ0) is 14.7. The molecule has 1 aromatic heterocycles. The molecule has 5 nitrogen and oxygen atoms in total. The summed E-state index contributed by atoms with van der Waals surface area (Å²) in [7, 11) is 0. The largest absolute Gasteiger partial charge is 0.394 e. The Bertz CT molecular complexity index is 625. The fraction of sp³-hybridized carbons (Fsp3) is 0.286. The minimum absolute atomic E-state index is 0.147. The van der Waals surface area contributed by atoms with Gasteiger partial charge in [-0.25, -0.2) is 9.07 Å². The van der Waals surface area contributed by atoms with Crippen LogP contribution in [0.1, 0.15) is 23.0 Å². The predicted molar refractivity (Wildman–Crippen MR) is 72.3 cm³/mol. The quantitative estimate of drug-likeness (QED) is 0.888. The van der Waals surface area contributed by atoms with Gasteiger partial charge in [0.1, 0.15) is 11.5 Å². The smallest absolute Gasteiger partial charge is 0.255 e. The molecule has 0 bridgehead atoms. The molecular formula is C14H16FN3O2. The van der Waals surface area contributed by atoms with Crippen LogP contribution in [0.2, 0.25) is 0 Å². The highest BCUT2D eigenvalue weighted by Crippen LogP contribution is 2.17. The third-order valence-electron chi connectivity index (χ3n) is 2.99. The molecule has 0 radical (unpaired) electrons. The number of nitrogens with zero attached hydrogens (tertiary/aromatic N) is 2. The van der Waals surface area contributed by atoms with Crippen LogP contribution in [0.4, 0.5) is 4.39 Å². The summed E-state index contributed by atoms with van der Waals surface area (Å²) >= 11 is 0. The number of benzene rings is 1. The van der Waals surface area contributed by atoms with Gasteiger partial charge in [-0.1, -0.05) is 12.1 Å². The third-order valence-corrected chi connectivity index (χ3v) is 2.99. The van der Waals surface area contributed by atoms with Crippen LogP contribution in [0.5, 0.6) is 0 Å². The van der Waals surface area contributed by atoms with E-state index in [0.29, 0.717) is 16.9 Å². The van der Waals surface area contributed by atoms with Crippen molar-refractivity contribution in [2.24, 2.45) is 0 Å². The molecule has 0 saturated heterocycles. The lowest BCUT2D eigenvalue weighted by Crippen LogP contribution is -2.35. The van der Waals surface area contributed by atoms with E-state index < -0.39 is 5.82 Å². The van der Waals surface area contributed by atoms with E-state index in [1.807, 2.05) is 0 Å². The molecule has 2 N–H and O–H groups in total. The lowest BCUT2D eigenvalue weighted by Gasteiger charge is -2.10. The Kier molecular flexibility index (Phi) is 4.14. The summed E-state index contributed by atoms with van der Waals surface area (Å²) in [5, 5.41) is 15.6. The monoisotopic (exact) mass is 277 g/mol. The lowest BCUT2D eigenvalue weighted by atomic mass is 10.2. The summed E-state index contributed by atoms with van der Waals surface area (Å²) in [6.45, 7) is 3.23. The van der Waals surface area contributed by atoms with Gasteiger partial charge in [-0.3, -0.25) is 4.79 Å². The van der Waals surface area contributed by atoms with Gasteiger partial charge in [0.2, 0.25) is 0 Å². The van der Waals surface area contributed by atoms with Crippen LogP contribution in [0.3, 0.4) is 0 Å². The Labute approximate surface area is 116 Å². The van der Waals surface area contributed by atoms with E-state index in [0.717, 1.165) is 0 Å².